The fourth-order valence-electron chi connectivity index (χ4n) is 2.69. The lowest BCUT2D eigenvalue weighted by Gasteiger charge is -2.32. The lowest BCUT2D eigenvalue weighted by molar-refractivity contribution is -0.133. The van der Waals surface area contributed by atoms with Crippen LogP contribution >= 0.6 is 27.5 Å². The Hall–Kier alpha value is -2.00. The normalized spacial score (nSPS) is 23.1. The van der Waals surface area contributed by atoms with E-state index in [1.165, 1.54) is 0 Å². The zero-order valence-corrected chi connectivity index (χ0v) is 16.0. The second-order valence-corrected chi connectivity index (χ2v) is 7.30. The molecule has 6 nitrogen and oxygen atoms in total. The van der Waals surface area contributed by atoms with Gasteiger partial charge < -0.3 is 15.0 Å². The Labute approximate surface area is 160 Å². The minimum absolute atomic E-state index is 0.0103. The van der Waals surface area contributed by atoms with Crippen LogP contribution in [-0.4, -0.2) is 36.8 Å². The maximum atomic E-state index is 15.5. The van der Waals surface area contributed by atoms with E-state index in [0.29, 0.717) is 15.6 Å². The number of alkyl halides is 2. The van der Waals surface area contributed by atoms with Crippen LogP contribution in [-0.2, 0) is 4.79 Å². The van der Waals surface area contributed by atoms with Crippen molar-refractivity contribution >= 4 is 50.4 Å². The summed E-state index contributed by atoms with van der Waals surface area (Å²) in [5, 5.41) is 9.72. The number of allylic oxidation sites excluding steroid dienone is 2. The lowest BCUT2D eigenvalue weighted by atomic mass is 9.96. The zero-order chi connectivity index (χ0) is 19.2. The van der Waals surface area contributed by atoms with Gasteiger partial charge in [-0.25, -0.2) is 23.5 Å². The Morgan fingerprint density at radius 3 is 2.81 bits per heavy atom. The van der Waals surface area contributed by atoms with Crippen LogP contribution in [0.1, 0.15) is 19.9 Å². The SMILES string of the molecule is CC(C)n1cnc2cc(Br)nc(NC3(F)C(F)=CC=C(C(=O)O)C3Cl)c21. The number of carboxylic acids is 1. The second-order valence-electron chi connectivity index (χ2n) is 6.05. The van der Waals surface area contributed by atoms with E-state index in [4.69, 9.17) is 16.7 Å². The molecule has 0 aromatic carbocycles. The van der Waals surface area contributed by atoms with E-state index in [9.17, 15) is 9.18 Å². The molecule has 2 aromatic heterocycles. The van der Waals surface area contributed by atoms with Gasteiger partial charge in [-0.3, -0.25) is 0 Å². The minimum atomic E-state index is -2.98. The molecule has 0 fully saturated rings. The van der Waals surface area contributed by atoms with E-state index < -0.39 is 28.5 Å². The largest absolute Gasteiger partial charge is 0.478 e. The Morgan fingerprint density at radius 1 is 1.50 bits per heavy atom. The summed E-state index contributed by atoms with van der Waals surface area (Å²) >= 11 is 9.18. The van der Waals surface area contributed by atoms with Crippen molar-refractivity contribution in [3.05, 3.63) is 40.5 Å². The standard InChI is InChI=1S/C16H14BrClF2N4O2/c1-7(2)24-6-21-9-5-11(17)22-14(12(9)24)23-16(20)10(19)4-3-8(13(16)18)15(25)26/h3-7,13H,1-2H3,(H,22,23)(H,25,26). The summed E-state index contributed by atoms with van der Waals surface area (Å²) in [6.45, 7) is 3.80. The third-order valence-corrected chi connectivity index (χ3v) is 4.95. The molecule has 2 heterocycles. The van der Waals surface area contributed by atoms with Gasteiger partial charge in [0.1, 0.15) is 15.5 Å². The molecule has 0 amide bonds. The highest BCUT2D eigenvalue weighted by atomic mass is 79.9. The number of fused-ring (bicyclic) bond motifs is 1. The first-order chi connectivity index (χ1) is 12.1. The van der Waals surface area contributed by atoms with E-state index in [1.54, 1.807) is 17.0 Å². The van der Waals surface area contributed by atoms with E-state index in [-0.39, 0.29) is 11.9 Å². The summed E-state index contributed by atoms with van der Waals surface area (Å²) in [5.41, 5.74) is 0.488. The van der Waals surface area contributed by atoms with E-state index in [0.717, 1.165) is 12.2 Å². The molecule has 2 aromatic rings. The smallest absolute Gasteiger partial charge is 0.333 e. The van der Waals surface area contributed by atoms with Gasteiger partial charge in [-0.15, -0.1) is 11.6 Å². The van der Waals surface area contributed by atoms with Crippen molar-refractivity contribution in [1.29, 1.82) is 0 Å². The summed E-state index contributed by atoms with van der Waals surface area (Å²) in [5.74, 6) is -5.66. The Kier molecular flexibility index (Phi) is 4.78. The van der Waals surface area contributed by atoms with Crippen LogP contribution < -0.4 is 5.32 Å². The number of halogens is 4. The number of pyridine rings is 1. The predicted octanol–water partition coefficient (Wildman–Crippen LogP) is 4.34. The van der Waals surface area contributed by atoms with E-state index in [2.05, 4.69) is 31.2 Å². The average Bonchev–Trinajstić information content (AvgIpc) is 2.97. The van der Waals surface area contributed by atoms with Crippen molar-refractivity contribution in [2.24, 2.45) is 0 Å². The average molecular weight is 448 g/mol. The number of anilines is 1. The van der Waals surface area contributed by atoms with Gasteiger partial charge in [0.2, 0.25) is 0 Å². The van der Waals surface area contributed by atoms with Crippen molar-refractivity contribution in [3.8, 4) is 0 Å². The third-order valence-electron chi connectivity index (χ3n) is 4.00. The van der Waals surface area contributed by atoms with Crippen molar-refractivity contribution in [1.82, 2.24) is 14.5 Å². The van der Waals surface area contributed by atoms with Gasteiger partial charge in [0.25, 0.3) is 5.79 Å². The fraction of sp³-hybridized carbons (Fsp3) is 0.312. The molecule has 2 atom stereocenters. The number of aliphatic carboxylic acids is 1. The van der Waals surface area contributed by atoms with Crippen LogP contribution in [0.15, 0.2) is 40.5 Å². The molecule has 26 heavy (non-hydrogen) atoms. The fourth-order valence-corrected chi connectivity index (χ4v) is 3.41. The first kappa shape index (κ1) is 18.8. The van der Waals surface area contributed by atoms with Gasteiger partial charge in [-0.1, -0.05) is 0 Å². The van der Waals surface area contributed by atoms with Crippen LogP contribution in [0.3, 0.4) is 0 Å². The molecule has 2 N–H and O–H groups in total. The van der Waals surface area contributed by atoms with Gasteiger partial charge in [0.05, 0.1) is 17.4 Å². The number of aromatic nitrogens is 3. The van der Waals surface area contributed by atoms with Gasteiger partial charge >= 0.3 is 5.97 Å². The topological polar surface area (TPSA) is 80.0 Å². The van der Waals surface area contributed by atoms with Gasteiger partial charge in [0.15, 0.2) is 11.6 Å². The molecule has 1 aliphatic carbocycles. The monoisotopic (exact) mass is 446 g/mol. The highest BCUT2D eigenvalue weighted by Gasteiger charge is 2.49. The van der Waals surface area contributed by atoms with Gasteiger partial charge in [-0.05, 0) is 48.0 Å². The highest BCUT2D eigenvalue weighted by Crippen LogP contribution is 2.40. The zero-order valence-electron chi connectivity index (χ0n) is 13.7. The minimum Gasteiger partial charge on any atom is -0.478 e. The Bertz CT molecular complexity index is 959. The maximum Gasteiger partial charge on any atom is 0.333 e. The van der Waals surface area contributed by atoms with Crippen LogP contribution in [0, 0.1) is 0 Å². The molecular weight excluding hydrogens is 434 g/mol. The molecule has 0 saturated heterocycles. The summed E-state index contributed by atoms with van der Waals surface area (Å²) in [4.78, 5) is 19.7. The lowest BCUT2D eigenvalue weighted by Crippen LogP contribution is -2.47. The van der Waals surface area contributed by atoms with Crippen molar-refractivity contribution in [3.63, 3.8) is 0 Å². The molecule has 0 radical (unpaired) electrons. The third kappa shape index (κ3) is 2.99. The first-order valence-corrected chi connectivity index (χ1v) is 8.83. The number of imidazole rings is 1. The van der Waals surface area contributed by atoms with Crippen LogP contribution in [0.2, 0.25) is 0 Å². The van der Waals surface area contributed by atoms with Crippen molar-refractivity contribution < 1.29 is 18.7 Å². The summed E-state index contributed by atoms with van der Waals surface area (Å²) in [6.07, 6.45) is 3.24. The Balaban J connectivity index is 2.14. The number of nitrogens with one attached hydrogen (secondary N) is 1. The number of nitrogens with zero attached hydrogens (tertiary/aromatic N) is 3. The summed E-state index contributed by atoms with van der Waals surface area (Å²) in [6, 6.07) is 1.62. The van der Waals surface area contributed by atoms with E-state index >= 15 is 4.39 Å². The molecule has 0 bridgehead atoms. The molecule has 0 saturated carbocycles. The second kappa shape index (κ2) is 6.62. The summed E-state index contributed by atoms with van der Waals surface area (Å²) < 4.78 is 31.9. The molecule has 138 valence electrons. The molecule has 3 rings (SSSR count). The molecule has 1 aliphatic rings. The molecular formula is C16H14BrClF2N4O2. The number of carboxylic acid groups (broad SMARTS) is 1. The van der Waals surface area contributed by atoms with Crippen LogP contribution in [0.25, 0.3) is 11.0 Å². The van der Waals surface area contributed by atoms with Crippen molar-refractivity contribution in [2.75, 3.05) is 5.32 Å². The molecule has 10 heteroatoms. The number of rotatable bonds is 4. The summed E-state index contributed by atoms with van der Waals surface area (Å²) in [7, 11) is 0. The first-order valence-electron chi connectivity index (χ1n) is 7.60. The number of hydrogen-bond donors (Lipinski definition) is 2. The van der Waals surface area contributed by atoms with Crippen LogP contribution in [0.4, 0.5) is 14.6 Å². The molecule has 0 spiro atoms. The Morgan fingerprint density at radius 2 is 2.19 bits per heavy atom. The predicted molar refractivity (Wildman–Crippen MR) is 97.6 cm³/mol. The highest BCUT2D eigenvalue weighted by molar-refractivity contribution is 9.10. The molecule has 0 aliphatic heterocycles. The maximum absolute atomic E-state index is 15.5. The van der Waals surface area contributed by atoms with E-state index in [1.807, 2.05) is 13.8 Å². The van der Waals surface area contributed by atoms with Crippen molar-refractivity contribution in [2.45, 2.75) is 31.1 Å². The molecule has 2 unspecified atom stereocenters. The van der Waals surface area contributed by atoms with Gasteiger partial charge in [-0.2, -0.15) is 0 Å². The van der Waals surface area contributed by atoms with Crippen LogP contribution in [0.5, 0.6) is 0 Å². The number of carbonyl (C=O) groups is 1. The quantitative estimate of drug-likeness (QED) is 0.414. The number of hydrogen-bond acceptors (Lipinski definition) is 4. The van der Waals surface area contributed by atoms with Gasteiger partial charge in [0, 0.05) is 6.04 Å².